The average Bonchev–Trinajstić information content (AvgIpc) is 3.33. The topological polar surface area (TPSA) is 56.7 Å². The second kappa shape index (κ2) is 10.6. The molecule has 1 aromatic carbocycles. The van der Waals surface area contributed by atoms with Crippen molar-refractivity contribution >= 4 is 23.3 Å². The van der Waals surface area contributed by atoms with Crippen LogP contribution in [0.3, 0.4) is 0 Å². The summed E-state index contributed by atoms with van der Waals surface area (Å²) < 4.78 is 26.6. The summed E-state index contributed by atoms with van der Waals surface area (Å²) in [5.41, 5.74) is 0.326. The Labute approximate surface area is 191 Å². The van der Waals surface area contributed by atoms with E-state index in [-0.39, 0.29) is 18.6 Å². The van der Waals surface area contributed by atoms with E-state index in [0.717, 1.165) is 44.8 Å². The number of carbonyl (C=O) groups excluding carboxylic acids is 1. The van der Waals surface area contributed by atoms with Gasteiger partial charge in [0.25, 0.3) is 0 Å². The SMILES string of the molecule is O=C(/C=C/c1cc(F)cc(F)c1)N1CCC(C(CO)N2CCC(c3nccs3)CC2)CC1. The number of carbonyl (C=O) groups is 1. The summed E-state index contributed by atoms with van der Waals surface area (Å²) in [4.78, 5) is 21.2. The van der Waals surface area contributed by atoms with Gasteiger partial charge in [-0.1, -0.05) is 0 Å². The van der Waals surface area contributed by atoms with Crippen molar-refractivity contribution < 1.29 is 18.7 Å². The number of nitrogens with zero attached hydrogens (tertiary/aromatic N) is 3. The van der Waals surface area contributed by atoms with Gasteiger partial charge < -0.3 is 10.0 Å². The Kier molecular flexibility index (Phi) is 7.65. The molecule has 2 fully saturated rings. The van der Waals surface area contributed by atoms with Crippen LogP contribution in [-0.4, -0.2) is 64.6 Å². The Balaban J connectivity index is 1.27. The summed E-state index contributed by atoms with van der Waals surface area (Å²) in [6.45, 7) is 3.30. The van der Waals surface area contributed by atoms with Gasteiger partial charge in [-0.3, -0.25) is 9.69 Å². The van der Waals surface area contributed by atoms with Gasteiger partial charge in [0.15, 0.2) is 0 Å². The van der Waals surface area contributed by atoms with E-state index < -0.39 is 11.6 Å². The van der Waals surface area contributed by atoms with Crippen molar-refractivity contribution in [2.75, 3.05) is 32.8 Å². The lowest BCUT2D eigenvalue weighted by Gasteiger charge is -2.43. The summed E-state index contributed by atoms with van der Waals surface area (Å²) in [6.07, 6.45) is 8.49. The molecular formula is C24H29F2N3O2S. The first-order valence-electron chi connectivity index (χ1n) is 11.2. The van der Waals surface area contributed by atoms with Gasteiger partial charge in [-0.05, 0) is 68.5 Å². The third-order valence-corrected chi connectivity index (χ3v) is 7.62. The van der Waals surface area contributed by atoms with Crippen molar-refractivity contribution in [2.45, 2.75) is 37.6 Å². The monoisotopic (exact) mass is 461 g/mol. The maximum absolute atomic E-state index is 13.3. The van der Waals surface area contributed by atoms with E-state index in [0.29, 0.717) is 30.5 Å². The van der Waals surface area contributed by atoms with Crippen LogP contribution in [0.25, 0.3) is 6.08 Å². The number of amides is 1. The number of aliphatic hydroxyl groups excluding tert-OH is 1. The van der Waals surface area contributed by atoms with E-state index in [4.69, 9.17) is 0 Å². The van der Waals surface area contributed by atoms with Gasteiger partial charge in [0.2, 0.25) is 5.91 Å². The van der Waals surface area contributed by atoms with Crippen LogP contribution in [0.5, 0.6) is 0 Å². The largest absolute Gasteiger partial charge is 0.395 e. The molecule has 2 aromatic rings. The molecule has 1 aromatic heterocycles. The molecule has 0 saturated carbocycles. The molecule has 1 atom stereocenters. The van der Waals surface area contributed by atoms with Crippen LogP contribution >= 0.6 is 11.3 Å². The molecule has 8 heteroatoms. The fourth-order valence-electron chi connectivity index (χ4n) is 4.93. The maximum Gasteiger partial charge on any atom is 0.246 e. The number of likely N-dealkylation sites (tertiary alicyclic amines) is 2. The third kappa shape index (κ3) is 5.60. The lowest BCUT2D eigenvalue weighted by atomic mass is 9.86. The number of hydrogen-bond acceptors (Lipinski definition) is 5. The summed E-state index contributed by atoms with van der Waals surface area (Å²) >= 11 is 1.72. The quantitative estimate of drug-likeness (QED) is 0.663. The summed E-state index contributed by atoms with van der Waals surface area (Å²) in [7, 11) is 0. The van der Waals surface area contributed by atoms with E-state index in [1.165, 1.54) is 29.3 Å². The molecule has 172 valence electrons. The van der Waals surface area contributed by atoms with Gasteiger partial charge in [0, 0.05) is 48.8 Å². The smallest absolute Gasteiger partial charge is 0.246 e. The fourth-order valence-corrected chi connectivity index (χ4v) is 5.74. The first-order valence-corrected chi connectivity index (χ1v) is 12.1. The van der Waals surface area contributed by atoms with Crippen molar-refractivity contribution in [1.29, 1.82) is 0 Å². The minimum atomic E-state index is -0.663. The van der Waals surface area contributed by atoms with E-state index in [2.05, 4.69) is 9.88 Å². The Morgan fingerprint density at radius 1 is 1.12 bits per heavy atom. The number of halogens is 2. The molecule has 0 aliphatic carbocycles. The lowest BCUT2D eigenvalue weighted by Crippen LogP contribution is -2.50. The normalized spacial score (nSPS) is 20.2. The highest BCUT2D eigenvalue weighted by atomic mass is 32.1. The number of aliphatic hydroxyl groups is 1. The second-order valence-electron chi connectivity index (χ2n) is 8.63. The Bertz CT molecular complexity index is 901. The van der Waals surface area contributed by atoms with Gasteiger partial charge >= 0.3 is 0 Å². The lowest BCUT2D eigenvalue weighted by molar-refractivity contribution is -0.127. The highest BCUT2D eigenvalue weighted by Gasteiger charge is 2.33. The van der Waals surface area contributed by atoms with Crippen LogP contribution in [0.2, 0.25) is 0 Å². The molecule has 32 heavy (non-hydrogen) atoms. The van der Waals surface area contributed by atoms with Gasteiger partial charge in [-0.15, -0.1) is 11.3 Å². The molecule has 5 nitrogen and oxygen atoms in total. The van der Waals surface area contributed by atoms with Crippen molar-refractivity contribution in [2.24, 2.45) is 5.92 Å². The molecule has 0 bridgehead atoms. The van der Waals surface area contributed by atoms with Gasteiger partial charge in [0.1, 0.15) is 11.6 Å². The zero-order valence-electron chi connectivity index (χ0n) is 18.0. The Morgan fingerprint density at radius 2 is 1.81 bits per heavy atom. The highest BCUT2D eigenvalue weighted by Crippen LogP contribution is 2.32. The van der Waals surface area contributed by atoms with Gasteiger partial charge in [0.05, 0.1) is 11.6 Å². The maximum atomic E-state index is 13.3. The number of rotatable bonds is 6. The number of benzene rings is 1. The third-order valence-electron chi connectivity index (χ3n) is 6.68. The predicted octanol–water partition coefficient (Wildman–Crippen LogP) is 3.91. The molecular weight excluding hydrogens is 432 g/mol. The summed E-state index contributed by atoms with van der Waals surface area (Å²) in [6, 6.07) is 3.32. The first-order chi connectivity index (χ1) is 15.5. The van der Waals surface area contributed by atoms with Crippen LogP contribution < -0.4 is 0 Å². The highest BCUT2D eigenvalue weighted by molar-refractivity contribution is 7.09. The van der Waals surface area contributed by atoms with Crippen LogP contribution in [0, 0.1) is 17.6 Å². The van der Waals surface area contributed by atoms with Crippen LogP contribution in [0.1, 0.15) is 42.2 Å². The molecule has 4 rings (SSSR count). The Morgan fingerprint density at radius 3 is 2.41 bits per heavy atom. The van der Waals surface area contributed by atoms with Crippen LogP contribution in [0.4, 0.5) is 8.78 Å². The van der Waals surface area contributed by atoms with Gasteiger partial charge in [-0.25, -0.2) is 13.8 Å². The van der Waals surface area contributed by atoms with Crippen molar-refractivity contribution in [3.63, 3.8) is 0 Å². The summed E-state index contributed by atoms with van der Waals surface area (Å²) in [5.74, 6) is -0.615. The molecule has 1 N–H and O–H groups in total. The van der Waals surface area contributed by atoms with Gasteiger partial charge in [-0.2, -0.15) is 0 Å². The number of aromatic nitrogens is 1. The fraction of sp³-hybridized carbons (Fsp3) is 0.500. The standard InChI is InChI=1S/C24H29F2N3O2S/c25-20-13-17(14-21(26)15-20)1-2-23(31)29-10-3-18(4-11-29)22(16-30)28-8-5-19(6-9-28)24-27-7-12-32-24/h1-2,7,12-15,18-19,22,30H,3-6,8-11,16H2/b2-1+. The van der Waals surface area contributed by atoms with Crippen molar-refractivity contribution in [3.05, 3.63) is 58.1 Å². The van der Waals surface area contributed by atoms with Crippen LogP contribution in [-0.2, 0) is 4.79 Å². The Hall–Kier alpha value is -2.16. The average molecular weight is 462 g/mol. The second-order valence-corrected chi connectivity index (χ2v) is 9.56. The zero-order valence-corrected chi connectivity index (χ0v) is 18.8. The molecule has 2 saturated heterocycles. The first kappa shape index (κ1) is 23.0. The predicted molar refractivity (Wildman–Crippen MR) is 121 cm³/mol. The van der Waals surface area contributed by atoms with E-state index in [1.807, 2.05) is 11.6 Å². The van der Waals surface area contributed by atoms with E-state index >= 15 is 0 Å². The molecule has 1 amide bonds. The molecule has 1 unspecified atom stereocenters. The molecule has 3 heterocycles. The van der Waals surface area contributed by atoms with E-state index in [1.54, 1.807) is 16.2 Å². The molecule has 0 spiro atoms. The molecule has 2 aliphatic heterocycles. The minimum absolute atomic E-state index is 0.121. The minimum Gasteiger partial charge on any atom is -0.395 e. The zero-order chi connectivity index (χ0) is 22.5. The van der Waals surface area contributed by atoms with Crippen molar-refractivity contribution in [1.82, 2.24) is 14.8 Å². The summed E-state index contributed by atoms with van der Waals surface area (Å²) in [5, 5.41) is 13.3. The molecule has 2 aliphatic rings. The number of piperidine rings is 2. The van der Waals surface area contributed by atoms with Crippen LogP contribution in [0.15, 0.2) is 35.9 Å². The van der Waals surface area contributed by atoms with Crippen molar-refractivity contribution in [3.8, 4) is 0 Å². The number of thiazole rings is 1. The molecule has 0 radical (unpaired) electrons. The van der Waals surface area contributed by atoms with E-state index in [9.17, 15) is 18.7 Å². The number of hydrogen-bond donors (Lipinski definition) is 1.